The monoisotopic (exact) mass is 309 g/mol. The molecule has 2 aromatic rings. The third-order valence-corrected chi connectivity index (χ3v) is 2.93. The molecule has 0 atom stereocenters. The van der Waals surface area contributed by atoms with Gasteiger partial charge in [0, 0.05) is 17.7 Å². The van der Waals surface area contributed by atoms with Gasteiger partial charge in [0.15, 0.2) is 12.4 Å². The molecule has 0 fully saturated rings. The Balaban J connectivity index is 2.08. The van der Waals surface area contributed by atoms with Crippen LogP contribution in [0.25, 0.3) is 0 Å². The molecular weight excluding hydrogens is 301 g/mol. The van der Waals surface area contributed by atoms with Crippen molar-refractivity contribution in [3.8, 4) is 5.75 Å². The summed E-state index contributed by atoms with van der Waals surface area (Å²) in [4.78, 5) is 22.0. The number of hydrogen-bond acceptors (Lipinski definition) is 4. The van der Waals surface area contributed by atoms with Crippen molar-refractivity contribution in [1.29, 1.82) is 0 Å². The van der Waals surface area contributed by atoms with Gasteiger partial charge in [-0.25, -0.2) is 4.39 Å². The number of nitro benzene ring substituents is 1. The van der Waals surface area contributed by atoms with E-state index < -0.39 is 16.5 Å². The van der Waals surface area contributed by atoms with Crippen LogP contribution in [0.3, 0.4) is 0 Å². The van der Waals surface area contributed by atoms with Crippen molar-refractivity contribution in [2.24, 2.45) is 0 Å². The molecule has 21 heavy (non-hydrogen) atoms. The van der Waals surface area contributed by atoms with Crippen LogP contribution in [0.1, 0.15) is 10.4 Å². The molecule has 0 amide bonds. The van der Waals surface area contributed by atoms with Crippen LogP contribution in [0.5, 0.6) is 5.75 Å². The van der Waals surface area contributed by atoms with E-state index in [2.05, 4.69) is 0 Å². The van der Waals surface area contributed by atoms with Crippen molar-refractivity contribution in [2.45, 2.75) is 0 Å². The largest absolute Gasteiger partial charge is 0.484 e. The minimum atomic E-state index is -0.589. The summed E-state index contributed by atoms with van der Waals surface area (Å²) < 4.78 is 18.1. The molecule has 2 rings (SSSR count). The van der Waals surface area contributed by atoms with Crippen LogP contribution in [0.4, 0.5) is 10.1 Å². The first-order chi connectivity index (χ1) is 9.97. The van der Waals surface area contributed by atoms with Crippen LogP contribution in [-0.2, 0) is 0 Å². The molecule has 0 bridgehead atoms. The third-order valence-electron chi connectivity index (χ3n) is 2.63. The maximum absolute atomic E-state index is 12.9. The van der Waals surface area contributed by atoms with E-state index in [4.69, 9.17) is 16.3 Å². The van der Waals surface area contributed by atoms with Crippen LogP contribution in [0.2, 0.25) is 5.02 Å². The summed E-state index contributed by atoms with van der Waals surface area (Å²) in [6.45, 7) is -0.355. The Morgan fingerprint density at radius 3 is 2.71 bits per heavy atom. The van der Waals surface area contributed by atoms with Crippen molar-refractivity contribution in [2.75, 3.05) is 6.61 Å². The summed E-state index contributed by atoms with van der Waals surface area (Å²) in [5.41, 5.74) is -0.0249. The quantitative estimate of drug-likeness (QED) is 0.480. The van der Waals surface area contributed by atoms with Crippen molar-refractivity contribution >= 4 is 23.1 Å². The summed E-state index contributed by atoms with van der Waals surface area (Å²) in [7, 11) is 0. The number of non-ortho nitro benzene ring substituents is 1. The Morgan fingerprint density at radius 2 is 2.05 bits per heavy atom. The average Bonchev–Trinajstić information content (AvgIpc) is 2.46. The molecule has 0 aliphatic heterocycles. The lowest BCUT2D eigenvalue weighted by atomic mass is 10.1. The molecule has 0 N–H and O–H groups in total. The Hall–Kier alpha value is -2.47. The second-order valence-electron chi connectivity index (χ2n) is 4.09. The van der Waals surface area contributed by atoms with Gasteiger partial charge in [0.25, 0.3) is 5.69 Å². The predicted octanol–water partition coefficient (Wildman–Crippen LogP) is 3.65. The van der Waals surface area contributed by atoms with Crippen molar-refractivity contribution in [3.05, 3.63) is 69.0 Å². The Bertz CT molecular complexity index is 705. The highest BCUT2D eigenvalue weighted by Crippen LogP contribution is 2.25. The number of nitro groups is 1. The molecule has 5 nitrogen and oxygen atoms in total. The molecule has 7 heteroatoms. The first-order valence-electron chi connectivity index (χ1n) is 5.83. The van der Waals surface area contributed by atoms with Gasteiger partial charge in [-0.1, -0.05) is 23.7 Å². The first kappa shape index (κ1) is 14.9. The smallest absolute Gasteiger partial charge is 0.270 e. The van der Waals surface area contributed by atoms with E-state index in [0.717, 1.165) is 18.2 Å². The number of ketones is 1. The van der Waals surface area contributed by atoms with Crippen LogP contribution in [0.15, 0.2) is 42.5 Å². The van der Waals surface area contributed by atoms with E-state index in [-0.39, 0.29) is 28.6 Å². The van der Waals surface area contributed by atoms with Crippen LogP contribution in [0, 0.1) is 15.9 Å². The lowest BCUT2D eigenvalue weighted by Gasteiger charge is -2.07. The number of rotatable bonds is 5. The van der Waals surface area contributed by atoms with E-state index in [1.165, 1.54) is 24.3 Å². The van der Waals surface area contributed by atoms with E-state index in [1.807, 2.05) is 0 Å². The highest BCUT2D eigenvalue weighted by molar-refractivity contribution is 6.32. The van der Waals surface area contributed by atoms with E-state index >= 15 is 0 Å². The van der Waals surface area contributed by atoms with Gasteiger partial charge in [-0.2, -0.15) is 0 Å². The molecule has 0 aliphatic carbocycles. The number of hydrogen-bond donors (Lipinski definition) is 0. The fraction of sp³-hybridized carbons (Fsp3) is 0.0714. The van der Waals surface area contributed by atoms with Gasteiger partial charge < -0.3 is 4.74 Å². The minimum Gasteiger partial charge on any atom is -0.484 e. The average molecular weight is 310 g/mol. The van der Waals surface area contributed by atoms with Gasteiger partial charge in [0.05, 0.1) is 9.95 Å². The zero-order valence-corrected chi connectivity index (χ0v) is 11.3. The number of carbonyl (C=O) groups excluding carboxylic acids is 1. The second-order valence-corrected chi connectivity index (χ2v) is 4.50. The maximum atomic E-state index is 12.9. The van der Waals surface area contributed by atoms with Gasteiger partial charge in [-0.05, 0) is 18.2 Å². The zero-order chi connectivity index (χ0) is 15.4. The lowest BCUT2D eigenvalue weighted by molar-refractivity contribution is -0.384. The van der Waals surface area contributed by atoms with Crippen molar-refractivity contribution < 1.29 is 18.8 Å². The highest BCUT2D eigenvalue weighted by atomic mass is 35.5. The normalized spacial score (nSPS) is 10.2. The first-order valence-corrected chi connectivity index (χ1v) is 6.20. The van der Waals surface area contributed by atoms with Gasteiger partial charge in [0.2, 0.25) is 0 Å². The predicted molar refractivity (Wildman–Crippen MR) is 74.3 cm³/mol. The van der Waals surface area contributed by atoms with Crippen molar-refractivity contribution in [1.82, 2.24) is 0 Å². The van der Waals surface area contributed by atoms with Crippen LogP contribution >= 0.6 is 11.6 Å². The summed E-state index contributed by atoms with van der Waals surface area (Å²) in [5.74, 6) is -0.798. The molecule has 0 spiro atoms. The van der Waals surface area contributed by atoms with E-state index in [0.29, 0.717) is 0 Å². The third kappa shape index (κ3) is 3.76. The Morgan fingerprint density at radius 1 is 1.29 bits per heavy atom. The van der Waals surface area contributed by atoms with Gasteiger partial charge in [-0.15, -0.1) is 0 Å². The van der Waals surface area contributed by atoms with Crippen LogP contribution < -0.4 is 4.74 Å². The number of carbonyl (C=O) groups is 1. The summed E-state index contributed by atoms with van der Waals surface area (Å²) in [5, 5.41) is 10.7. The second kappa shape index (κ2) is 6.32. The molecule has 0 heterocycles. The molecule has 0 aliphatic rings. The fourth-order valence-electron chi connectivity index (χ4n) is 1.61. The maximum Gasteiger partial charge on any atom is 0.270 e. The molecule has 0 saturated carbocycles. The standard InChI is InChI=1S/C14H9ClFNO4/c15-12-7-10(16)4-5-14(12)21-8-13(18)9-2-1-3-11(6-9)17(19)20/h1-7H,8H2. The number of benzene rings is 2. The van der Waals surface area contributed by atoms with E-state index in [9.17, 15) is 19.3 Å². The number of nitrogens with zero attached hydrogens (tertiary/aromatic N) is 1. The molecule has 2 aromatic carbocycles. The Kier molecular flexibility index (Phi) is 4.49. The molecule has 0 radical (unpaired) electrons. The Labute approximate surface area is 124 Å². The van der Waals surface area contributed by atoms with Crippen LogP contribution in [-0.4, -0.2) is 17.3 Å². The molecule has 0 unspecified atom stereocenters. The zero-order valence-electron chi connectivity index (χ0n) is 10.6. The number of halogens is 2. The SMILES string of the molecule is O=C(COc1ccc(F)cc1Cl)c1cccc([N+](=O)[O-])c1. The van der Waals surface area contributed by atoms with Gasteiger partial charge in [-0.3, -0.25) is 14.9 Å². The lowest BCUT2D eigenvalue weighted by Crippen LogP contribution is -2.12. The molecular formula is C14H9ClFNO4. The minimum absolute atomic E-state index is 0.0434. The van der Waals surface area contributed by atoms with Crippen molar-refractivity contribution in [3.63, 3.8) is 0 Å². The van der Waals surface area contributed by atoms with Gasteiger partial charge >= 0.3 is 0 Å². The van der Waals surface area contributed by atoms with Gasteiger partial charge in [0.1, 0.15) is 11.6 Å². The number of Topliss-reactive ketones (excluding diaryl/α,β-unsaturated/α-hetero) is 1. The topological polar surface area (TPSA) is 69.4 Å². The molecule has 0 aromatic heterocycles. The van der Waals surface area contributed by atoms with E-state index in [1.54, 1.807) is 0 Å². The summed E-state index contributed by atoms with van der Waals surface area (Å²) in [6, 6.07) is 8.83. The highest BCUT2D eigenvalue weighted by Gasteiger charge is 2.13. The summed E-state index contributed by atoms with van der Waals surface area (Å²) in [6.07, 6.45) is 0. The molecule has 108 valence electrons. The fourth-order valence-corrected chi connectivity index (χ4v) is 1.83. The number of ether oxygens (including phenoxy) is 1. The molecule has 0 saturated heterocycles. The summed E-state index contributed by atoms with van der Waals surface area (Å²) >= 11 is 5.76.